The van der Waals surface area contributed by atoms with Crippen molar-refractivity contribution in [1.29, 1.82) is 0 Å². The van der Waals surface area contributed by atoms with E-state index in [-0.39, 0.29) is 6.54 Å². The summed E-state index contributed by atoms with van der Waals surface area (Å²) in [4.78, 5) is 4.58. The van der Waals surface area contributed by atoms with Gasteiger partial charge >= 0.3 is 0 Å². The van der Waals surface area contributed by atoms with E-state index in [1.807, 2.05) is 26.0 Å². The molecule has 6 heteroatoms. The summed E-state index contributed by atoms with van der Waals surface area (Å²) >= 11 is 0. The minimum atomic E-state index is -1.11. The maximum Gasteiger partial charge on any atom is 0.191 e. The Morgan fingerprint density at radius 1 is 1.32 bits per heavy atom. The first-order chi connectivity index (χ1) is 12.0. The highest BCUT2D eigenvalue weighted by atomic mass is 16.5. The molecule has 1 aromatic carbocycles. The van der Waals surface area contributed by atoms with E-state index in [1.165, 1.54) is 0 Å². The van der Waals surface area contributed by atoms with E-state index in [0.717, 1.165) is 23.4 Å². The Morgan fingerprint density at radius 3 is 2.72 bits per heavy atom. The molecule has 2 aromatic rings. The second-order valence-corrected chi connectivity index (χ2v) is 6.10. The van der Waals surface area contributed by atoms with Crippen LogP contribution in [0.3, 0.4) is 0 Å². The Bertz CT molecular complexity index is 694. The van der Waals surface area contributed by atoms with Crippen molar-refractivity contribution in [1.82, 2.24) is 10.6 Å². The second-order valence-electron chi connectivity index (χ2n) is 6.10. The van der Waals surface area contributed by atoms with Crippen LogP contribution in [0.25, 0.3) is 0 Å². The number of aliphatic imine (C=N–C) groups is 1. The van der Waals surface area contributed by atoms with Gasteiger partial charge in [0.25, 0.3) is 0 Å². The number of methoxy groups -OCH3 is 1. The molecule has 1 aromatic heterocycles. The SMILES string of the molecule is CCNC(=NCc1ccc(OC)c(C)c1)NCC(C)(O)c1ccco1. The summed E-state index contributed by atoms with van der Waals surface area (Å²) in [5.41, 5.74) is 1.05. The molecule has 0 radical (unpaired) electrons. The molecule has 25 heavy (non-hydrogen) atoms. The molecule has 136 valence electrons. The monoisotopic (exact) mass is 345 g/mol. The number of ether oxygens (including phenoxy) is 1. The fourth-order valence-corrected chi connectivity index (χ4v) is 2.48. The average Bonchev–Trinajstić information content (AvgIpc) is 3.13. The minimum absolute atomic E-state index is 0.286. The molecule has 1 heterocycles. The zero-order valence-electron chi connectivity index (χ0n) is 15.3. The van der Waals surface area contributed by atoms with E-state index in [9.17, 15) is 5.11 Å². The van der Waals surface area contributed by atoms with Crippen molar-refractivity contribution >= 4 is 5.96 Å². The predicted molar refractivity (Wildman–Crippen MR) is 98.8 cm³/mol. The molecule has 2 rings (SSSR count). The van der Waals surface area contributed by atoms with Gasteiger partial charge in [-0.1, -0.05) is 12.1 Å². The molecule has 0 aliphatic carbocycles. The Morgan fingerprint density at radius 2 is 2.12 bits per heavy atom. The molecule has 1 atom stereocenters. The van der Waals surface area contributed by atoms with Gasteiger partial charge in [0.15, 0.2) is 5.96 Å². The van der Waals surface area contributed by atoms with Crippen LogP contribution in [0.2, 0.25) is 0 Å². The summed E-state index contributed by atoms with van der Waals surface area (Å²) < 4.78 is 10.6. The van der Waals surface area contributed by atoms with Crippen LogP contribution in [-0.2, 0) is 12.1 Å². The largest absolute Gasteiger partial charge is 0.496 e. The van der Waals surface area contributed by atoms with Crippen molar-refractivity contribution in [2.24, 2.45) is 4.99 Å². The van der Waals surface area contributed by atoms with Crippen LogP contribution in [0.1, 0.15) is 30.7 Å². The number of hydrogen-bond donors (Lipinski definition) is 3. The zero-order valence-corrected chi connectivity index (χ0v) is 15.3. The summed E-state index contributed by atoms with van der Waals surface area (Å²) in [5.74, 6) is 2.02. The predicted octanol–water partition coefficient (Wildman–Crippen LogP) is 2.56. The fourth-order valence-electron chi connectivity index (χ4n) is 2.48. The first kappa shape index (κ1) is 18.9. The smallest absolute Gasteiger partial charge is 0.191 e. The van der Waals surface area contributed by atoms with Crippen LogP contribution in [0, 0.1) is 6.92 Å². The molecule has 6 nitrogen and oxygen atoms in total. The number of furan rings is 1. The number of nitrogens with zero attached hydrogens (tertiary/aromatic N) is 1. The van der Waals surface area contributed by atoms with E-state index >= 15 is 0 Å². The van der Waals surface area contributed by atoms with Crippen LogP contribution in [0.15, 0.2) is 46.0 Å². The third-order valence-electron chi connectivity index (χ3n) is 3.88. The normalized spacial score (nSPS) is 14.0. The topological polar surface area (TPSA) is 79.0 Å². The van der Waals surface area contributed by atoms with E-state index in [4.69, 9.17) is 9.15 Å². The van der Waals surface area contributed by atoms with Crippen LogP contribution in [0.5, 0.6) is 5.75 Å². The van der Waals surface area contributed by atoms with Gasteiger partial charge in [0.05, 0.1) is 26.5 Å². The van der Waals surface area contributed by atoms with Gasteiger partial charge in [-0.3, -0.25) is 0 Å². The summed E-state index contributed by atoms with van der Waals surface area (Å²) in [6.45, 7) is 7.26. The second kappa shape index (κ2) is 8.58. The van der Waals surface area contributed by atoms with Gasteiger partial charge in [-0.25, -0.2) is 4.99 Å². The first-order valence-electron chi connectivity index (χ1n) is 8.38. The van der Waals surface area contributed by atoms with Gasteiger partial charge in [0, 0.05) is 6.54 Å². The van der Waals surface area contributed by atoms with Crippen molar-refractivity contribution in [3.63, 3.8) is 0 Å². The highest BCUT2D eigenvalue weighted by Crippen LogP contribution is 2.20. The maximum absolute atomic E-state index is 10.5. The quantitative estimate of drug-likeness (QED) is 0.531. The van der Waals surface area contributed by atoms with Crippen molar-refractivity contribution in [2.45, 2.75) is 32.9 Å². The van der Waals surface area contributed by atoms with Crippen molar-refractivity contribution in [2.75, 3.05) is 20.2 Å². The van der Waals surface area contributed by atoms with E-state index in [1.54, 1.807) is 32.4 Å². The third-order valence-corrected chi connectivity index (χ3v) is 3.88. The number of hydrogen-bond acceptors (Lipinski definition) is 4. The van der Waals surface area contributed by atoms with Gasteiger partial charge < -0.3 is 24.9 Å². The zero-order chi connectivity index (χ0) is 18.3. The lowest BCUT2D eigenvalue weighted by Gasteiger charge is -2.22. The van der Waals surface area contributed by atoms with Crippen LogP contribution >= 0.6 is 0 Å². The molecular formula is C19H27N3O3. The number of rotatable bonds is 7. The number of nitrogens with one attached hydrogen (secondary N) is 2. The average molecular weight is 345 g/mol. The lowest BCUT2D eigenvalue weighted by atomic mass is 10.0. The van der Waals surface area contributed by atoms with Crippen LogP contribution in [-0.4, -0.2) is 31.3 Å². The van der Waals surface area contributed by atoms with E-state index < -0.39 is 5.60 Å². The van der Waals surface area contributed by atoms with Gasteiger partial charge in [-0.2, -0.15) is 0 Å². The Labute approximate surface area is 148 Å². The molecule has 3 N–H and O–H groups in total. The lowest BCUT2D eigenvalue weighted by molar-refractivity contribution is 0.0386. The van der Waals surface area contributed by atoms with Gasteiger partial charge in [-0.05, 0) is 50.1 Å². The third kappa shape index (κ3) is 5.26. The van der Waals surface area contributed by atoms with Gasteiger partial charge in [0.2, 0.25) is 0 Å². The number of aliphatic hydroxyl groups is 1. The minimum Gasteiger partial charge on any atom is -0.496 e. The Hall–Kier alpha value is -2.47. The Kier molecular flexibility index (Phi) is 6.47. The Balaban J connectivity index is 2.02. The molecule has 0 saturated carbocycles. The summed E-state index contributed by atoms with van der Waals surface area (Å²) in [6, 6.07) is 9.52. The molecule has 0 spiro atoms. The summed E-state index contributed by atoms with van der Waals surface area (Å²) in [6.07, 6.45) is 1.55. The molecule has 0 saturated heterocycles. The summed E-state index contributed by atoms with van der Waals surface area (Å²) in [5, 5.41) is 16.9. The number of benzene rings is 1. The molecular weight excluding hydrogens is 318 g/mol. The number of guanidine groups is 1. The molecule has 0 amide bonds. The van der Waals surface area contributed by atoms with E-state index in [0.29, 0.717) is 18.3 Å². The van der Waals surface area contributed by atoms with Crippen molar-refractivity contribution < 1.29 is 14.3 Å². The highest BCUT2D eigenvalue weighted by molar-refractivity contribution is 5.79. The molecule has 1 unspecified atom stereocenters. The van der Waals surface area contributed by atoms with E-state index in [2.05, 4.69) is 21.7 Å². The first-order valence-corrected chi connectivity index (χ1v) is 8.38. The van der Waals surface area contributed by atoms with Crippen LogP contribution in [0.4, 0.5) is 0 Å². The van der Waals surface area contributed by atoms with Crippen LogP contribution < -0.4 is 15.4 Å². The number of aryl methyl sites for hydroxylation is 1. The standard InChI is InChI=1S/C19H27N3O3/c1-5-20-18(22-13-19(3,23)17-7-6-10-25-17)21-12-15-8-9-16(24-4)14(2)11-15/h6-11,23H,5,12-13H2,1-4H3,(H2,20,21,22). The van der Waals surface area contributed by atoms with Gasteiger partial charge in [0.1, 0.15) is 17.1 Å². The van der Waals surface area contributed by atoms with Gasteiger partial charge in [-0.15, -0.1) is 0 Å². The molecule has 0 aliphatic rings. The summed E-state index contributed by atoms with van der Waals surface area (Å²) in [7, 11) is 1.66. The molecule has 0 aliphatic heterocycles. The van der Waals surface area contributed by atoms with Crippen molar-refractivity contribution in [3.05, 3.63) is 53.5 Å². The maximum atomic E-state index is 10.5. The molecule has 0 bridgehead atoms. The highest BCUT2D eigenvalue weighted by Gasteiger charge is 2.26. The van der Waals surface area contributed by atoms with Crippen molar-refractivity contribution in [3.8, 4) is 5.75 Å². The molecule has 0 fully saturated rings. The lowest BCUT2D eigenvalue weighted by Crippen LogP contribution is -2.44. The fraction of sp³-hybridized carbons (Fsp3) is 0.421.